The third kappa shape index (κ3) is 2.66. The molecule has 7 nitrogen and oxygen atoms in total. The fraction of sp³-hybridized carbons (Fsp3) is 0.389. The van der Waals surface area contributed by atoms with Gasteiger partial charge in [-0.3, -0.25) is 4.79 Å². The SMILES string of the molecule is Cn1c(CO)nnc1C1CC(NC(=O)c2cc3cc(F)ccc3n2C)C1. The summed E-state index contributed by atoms with van der Waals surface area (Å²) in [6.45, 7) is -0.141. The van der Waals surface area contributed by atoms with Gasteiger partial charge in [0.05, 0.1) is 0 Å². The van der Waals surface area contributed by atoms with Gasteiger partial charge >= 0.3 is 0 Å². The van der Waals surface area contributed by atoms with Crippen molar-refractivity contribution in [2.75, 3.05) is 0 Å². The van der Waals surface area contributed by atoms with Gasteiger partial charge in [-0.15, -0.1) is 10.2 Å². The maximum absolute atomic E-state index is 13.4. The summed E-state index contributed by atoms with van der Waals surface area (Å²) in [5.74, 6) is 1.11. The molecule has 1 aliphatic rings. The van der Waals surface area contributed by atoms with Crippen LogP contribution in [0, 0.1) is 5.82 Å². The molecule has 1 aromatic carbocycles. The molecule has 1 aliphatic carbocycles. The van der Waals surface area contributed by atoms with Crippen LogP contribution >= 0.6 is 0 Å². The predicted molar refractivity (Wildman–Crippen MR) is 93.0 cm³/mol. The van der Waals surface area contributed by atoms with Crippen molar-refractivity contribution in [3.63, 3.8) is 0 Å². The Labute approximate surface area is 149 Å². The zero-order valence-electron chi connectivity index (χ0n) is 14.6. The highest BCUT2D eigenvalue weighted by Gasteiger charge is 2.35. The number of halogens is 1. The number of aromatic nitrogens is 4. The Morgan fingerprint density at radius 3 is 2.73 bits per heavy atom. The van der Waals surface area contributed by atoms with Crippen molar-refractivity contribution in [2.45, 2.75) is 31.4 Å². The zero-order chi connectivity index (χ0) is 18.4. The van der Waals surface area contributed by atoms with E-state index in [1.807, 2.05) is 7.05 Å². The van der Waals surface area contributed by atoms with Gasteiger partial charge in [0.2, 0.25) is 0 Å². The van der Waals surface area contributed by atoms with Crippen molar-refractivity contribution in [3.05, 3.63) is 47.4 Å². The maximum Gasteiger partial charge on any atom is 0.268 e. The summed E-state index contributed by atoms with van der Waals surface area (Å²) in [6, 6.07) is 6.27. The van der Waals surface area contributed by atoms with E-state index in [4.69, 9.17) is 0 Å². The van der Waals surface area contributed by atoms with Crippen molar-refractivity contribution < 1.29 is 14.3 Å². The van der Waals surface area contributed by atoms with Crippen LogP contribution in [0.1, 0.15) is 40.9 Å². The minimum atomic E-state index is -0.317. The van der Waals surface area contributed by atoms with Crippen molar-refractivity contribution in [1.82, 2.24) is 24.6 Å². The Kier molecular flexibility index (Phi) is 3.99. The molecule has 3 aromatic rings. The third-order valence-corrected chi connectivity index (χ3v) is 5.22. The summed E-state index contributed by atoms with van der Waals surface area (Å²) >= 11 is 0. The van der Waals surface area contributed by atoms with Crippen LogP contribution in [0.15, 0.2) is 24.3 Å². The number of carbonyl (C=O) groups is 1. The van der Waals surface area contributed by atoms with Crippen LogP contribution in [0.25, 0.3) is 10.9 Å². The van der Waals surface area contributed by atoms with Crippen LogP contribution in [-0.2, 0) is 20.7 Å². The quantitative estimate of drug-likeness (QED) is 0.743. The lowest BCUT2D eigenvalue weighted by molar-refractivity contribution is 0.0899. The van der Waals surface area contributed by atoms with E-state index >= 15 is 0 Å². The lowest BCUT2D eigenvalue weighted by Gasteiger charge is -2.35. The lowest BCUT2D eigenvalue weighted by Crippen LogP contribution is -2.44. The summed E-state index contributed by atoms with van der Waals surface area (Å²) in [4.78, 5) is 12.6. The minimum Gasteiger partial charge on any atom is -0.388 e. The van der Waals surface area contributed by atoms with Crippen LogP contribution < -0.4 is 5.32 Å². The van der Waals surface area contributed by atoms with Gasteiger partial charge in [0.15, 0.2) is 5.82 Å². The van der Waals surface area contributed by atoms with Crippen molar-refractivity contribution in [2.24, 2.45) is 14.1 Å². The summed E-state index contributed by atoms with van der Waals surface area (Å²) in [5, 5.41) is 21.0. The number of benzene rings is 1. The molecule has 0 spiro atoms. The Morgan fingerprint density at radius 1 is 1.27 bits per heavy atom. The van der Waals surface area contributed by atoms with Crippen LogP contribution in [0.3, 0.4) is 0 Å². The molecule has 1 amide bonds. The molecule has 0 atom stereocenters. The third-order valence-electron chi connectivity index (χ3n) is 5.22. The molecule has 0 radical (unpaired) electrons. The molecule has 4 rings (SSSR count). The second-order valence-electron chi connectivity index (χ2n) is 6.82. The first kappa shape index (κ1) is 16.7. The van der Waals surface area contributed by atoms with E-state index in [0.29, 0.717) is 16.9 Å². The van der Waals surface area contributed by atoms with E-state index in [1.54, 1.807) is 28.3 Å². The number of fused-ring (bicyclic) bond motifs is 1. The standard InChI is InChI=1S/C18H20FN5O2/c1-23-14-4-3-12(19)5-10(14)8-15(23)18(26)20-13-6-11(7-13)17-22-21-16(9-25)24(17)2/h3-5,8,11,13,25H,6-7,9H2,1-2H3,(H,20,26). The number of amides is 1. The Hall–Kier alpha value is -2.74. The lowest BCUT2D eigenvalue weighted by atomic mass is 9.79. The molecule has 1 fully saturated rings. The average Bonchev–Trinajstić information content (AvgIpc) is 3.10. The Morgan fingerprint density at radius 2 is 2.04 bits per heavy atom. The molecule has 0 aliphatic heterocycles. The van der Waals surface area contributed by atoms with Gasteiger partial charge in [-0.05, 0) is 37.1 Å². The molecule has 1 saturated carbocycles. The number of hydrogen-bond donors (Lipinski definition) is 2. The van der Waals surface area contributed by atoms with Crippen molar-refractivity contribution >= 4 is 16.8 Å². The monoisotopic (exact) mass is 357 g/mol. The molecule has 2 aromatic heterocycles. The van der Waals surface area contributed by atoms with E-state index in [-0.39, 0.29) is 30.3 Å². The Bertz CT molecular complexity index is 987. The molecule has 8 heteroatoms. The van der Waals surface area contributed by atoms with E-state index in [9.17, 15) is 14.3 Å². The number of rotatable bonds is 4. The summed E-state index contributed by atoms with van der Waals surface area (Å²) in [6.07, 6.45) is 1.56. The average molecular weight is 357 g/mol. The maximum atomic E-state index is 13.4. The van der Waals surface area contributed by atoms with E-state index in [2.05, 4.69) is 15.5 Å². The number of carbonyl (C=O) groups excluding carboxylic acids is 1. The van der Waals surface area contributed by atoms with Crippen molar-refractivity contribution in [1.29, 1.82) is 0 Å². The first-order valence-electron chi connectivity index (χ1n) is 8.52. The number of nitrogens with one attached hydrogen (secondary N) is 1. The molecule has 136 valence electrons. The molecule has 2 N–H and O–H groups in total. The van der Waals surface area contributed by atoms with Gasteiger partial charge in [0, 0.05) is 37.0 Å². The number of aryl methyl sites for hydroxylation is 1. The van der Waals surface area contributed by atoms with Gasteiger partial charge in [0.25, 0.3) is 5.91 Å². The van der Waals surface area contributed by atoms with Gasteiger partial charge in [-0.25, -0.2) is 4.39 Å². The number of aliphatic hydroxyl groups excluding tert-OH is 1. The molecule has 0 bridgehead atoms. The number of hydrogen-bond acceptors (Lipinski definition) is 4. The van der Waals surface area contributed by atoms with Crippen LogP contribution in [-0.4, -0.2) is 36.4 Å². The summed E-state index contributed by atoms with van der Waals surface area (Å²) in [5.41, 5.74) is 1.33. The molecular formula is C18H20FN5O2. The molecule has 2 heterocycles. The fourth-order valence-corrected chi connectivity index (χ4v) is 3.61. The largest absolute Gasteiger partial charge is 0.388 e. The molecular weight excluding hydrogens is 337 g/mol. The minimum absolute atomic E-state index is 0.0662. The highest BCUT2D eigenvalue weighted by Crippen LogP contribution is 2.36. The smallest absolute Gasteiger partial charge is 0.268 e. The van der Waals surface area contributed by atoms with Gasteiger partial charge in [0.1, 0.15) is 23.9 Å². The van der Waals surface area contributed by atoms with E-state index in [0.717, 1.165) is 24.2 Å². The van der Waals surface area contributed by atoms with Gasteiger partial charge in [-0.2, -0.15) is 0 Å². The van der Waals surface area contributed by atoms with E-state index < -0.39 is 0 Å². The topological polar surface area (TPSA) is 85.0 Å². The van der Waals surface area contributed by atoms with Crippen LogP contribution in [0.2, 0.25) is 0 Å². The van der Waals surface area contributed by atoms with Gasteiger partial charge < -0.3 is 19.6 Å². The normalized spacial score (nSPS) is 19.5. The van der Waals surface area contributed by atoms with Crippen LogP contribution in [0.5, 0.6) is 0 Å². The molecule has 26 heavy (non-hydrogen) atoms. The second-order valence-corrected chi connectivity index (χ2v) is 6.82. The first-order chi connectivity index (χ1) is 12.5. The molecule has 0 unspecified atom stereocenters. The zero-order valence-corrected chi connectivity index (χ0v) is 14.6. The number of aliphatic hydroxyl groups is 1. The van der Waals surface area contributed by atoms with Crippen LogP contribution in [0.4, 0.5) is 4.39 Å². The predicted octanol–water partition coefficient (Wildman–Crippen LogP) is 1.61. The summed E-state index contributed by atoms with van der Waals surface area (Å²) in [7, 11) is 3.64. The first-order valence-corrected chi connectivity index (χ1v) is 8.52. The van der Waals surface area contributed by atoms with Gasteiger partial charge in [-0.1, -0.05) is 0 Å². The second kappa shape index (κ2) is 6.21. The highest BCUT2D eigenvalue weighted by molar-refractivity contribution is 5.98. The number of nitrogens with zero attached hydrogens (tertiary/aromatic N) is 4. The molecule has 0 saturated heterocycles. The van der Waals surface area contributed by atoms with Crippen molar-refractivity contribution in [3.8, 4) is 0 Å². The summed E-state index contributed by atoms with van der Waals surface area (Å²) < 4.78 is 17.0. The fourth-order valence-electron chi connectivity index (χ4n) is 3.61. The highest BCUT2D eigenvalue weighted by atomic mass is 19.1. The van der Waals surface area contributed by atoms with E-state index in [1.165, 1.54) is 12.1 Å². The Balaban J connectivity index is 1.44.